The number of amides is 1. The molecule has 27 heavy (non-hydrogen) atoms. The third-order valence-electron chi connectivity index (χ3n) is 5.08. The van der Waals surface area contributed by atoms with Gasteiger partial charge >= 0.3 is 0 Å². The fourth-order valence-corrected chi connectivity index (χ4v) is 3.56. The van der Waals surface area contributed by atoms with Crippen molar-refractivity contribution in [1.29, 1.82) is 0 Å². The van der Waals surface area contributed by atoms with Crippen molar-refractivity contribution >= 4 is 17.3 Å². The monoisotopic (exact) mass is 357 g/mol. The van der Waals surface area contributed by atoms with Gasteiger partial charge in [-0.2, -0.15) is 0 Å². The Kier molecular flexibility index (Phi) is 4.88. The first-order valence-electron chi connectivity index (χ1n) is 9.35. The van der Waals surface area contributed by atoms with Crippen LogP contribution in [0.1, 0.15) is 33.5 Å². The molecule has 4 nitrogen and oxygen atoms in total. The number of aromatic nitrogens is 1. The summed E-state index contributed by atoms with van der Waals surface area (Å²) in [5.74, 6) is 0.00851. The van der Waals surface area contributed by atoms with Crippen molar-refractivity contribution in [3.05, 3.63) is 89.2 Å². The summed E-state index contributed by atoms with van der Waals surface area (Å²) in [5.41, 5.74) is 6.20. The minimum Gasteiger partial charge on any atom is -0.380 e. The van der Waals surface area contributed by atoms with Crippen molar-refractivity contribution in [3.63, 3.8) is 0 Å². The van der Waals surface area contributed by atoms with Gasteiger partial charge in [-0.05, 0) is 48.6 Å². The molecule has 1 aromatic heterocycles. The van der Waals surface area contributed by atoms with Crippen molar-refractivity contribution < 1.29 is 4.79 Å². The maximum Gasteiger partial charge on any atom is 0.259 e. The number of fused-ring (bicyclic) bond motifs is 1. The van der Waals surface area contributed by atoms with E-state index in [1.807, 2.05) is 41.3 Å². The van der Waals surface area contributed by atoms with Crippen LogP contribution in [-0.2, 0) is 13.0 Å². The lowest BCUT2D eigenvalue weighted by Crippen LogP contribution is -2.35. The summed E-state index contributed by atoms with van der Waals surface area (Å²) in [4.78, 5) is 19.3. The standard InChI is InChI=1S/C23H23N3O/c1-17-7-2-3-9-19(17)15-25-21-13-20(14-24-16-21)23(27)26-12-6-10-18-8-4-5-11-22(18)26/h2-5,7-9,11,13-14,16,25H,6,10,12,15H2,1H3. The molecule has 0 atom stereocenters. The predicted octanol–water partition coefficient (Wildman–Crippen LogP) is 4.60. The van der Waals surface area contributed by atoms with Crippen LogP contribution in [0.25, 0.3) is 0 Å². The summed E-state index contributed by atoms with van der Waals surface area (Å²) in [7, 11) is 0. The van der Waals surface area contributed by atoms with Crippen molar-refractivity contribution in [2.75, 3.05) is 16.8 Å². The quantitative estimate of drug-likeness (QED) is 0.742. The van der Waals surface area contributed by atoms with Gasteiger partial charge in [0.1, 0.15) is 0 Å². The summed E-state index contributed by atoms with van der Waals surface area (Å²) in [6.07, 6.45) is 5.43. The molecule has 0 fully saturated rings. The normalized spacial score (nSPS) is 13.1. The van der Waals surface area contributed by atoms with E-state index in [9.17, 15) is 4.79 Å². The van der Waals surface area contributed by atoms with E-state index in [2.05, 4.69) is 35.4 Å². The van der Waals surface area contributed by atoms with Gasteiger partial charge in [0.15, 0.2) is 0 Å². The molecule has 0 radical (unpaired) electrons. The molecular formula is C23H23N3O. The Bertz CT molecular complexity index is 967. The summed E-state index contributed by atoms with van der Waals surface area (Å²) < 4.78 is 0. The van der Waals surface area contributed by atoms with Crippen molar-refractivity contribution in [1.82, 2.24) is 4.98 Å². The zero-order valence-corrected chi connectivity index (χ0v) is 15.5. The fraction of sp³-hybridized carbons (Fsp3) is 0.217. The molecule has 4 rings (SSSR count). The van der Waals surface area contributed by atoms with E-state index in [4.69, 9.17) is 0 Å². The van der Waals surface area contributed by atoms with Crippen LogP contribution in [0.2, 0.25) is 0 Å². The molecule has 0 saturated heterocycles. The van der Waals surface area contributed by atoms with Crippen LogP contribution in [0.15, 0.2) is 67.0 Å². The Labute approximate surface area is 159 Å². The first-order valence-corrected chi connectivity index (χ1v) is 9.35. The summed E-state index contributed by atoms with van der Waals surface area (Å²) in [6, 6.07) is 18.3. The lowest BCUT2D eigenvalue weighted by molar-refractivity contribution is 0.0985. The maximum atomic E-state index is 13.1. The topological polar surface area (TPSA) is 45.2 Å². The summed E-state index contributed by atoms with van der Waals surface area (Å²) in [6.45, 7) is 3.55. The molecule has 1 N–H and O–H groups in total. The van der Waals surface area contributed by atoms with Crippen LogP contribution < -0.4 is 10.2 Å². The molecule has 1 amide bonds. The number of aryl methyl sites for hydroxylation is 2. The largest absolute Gasteiger partial charge is 0.380 e. The molecule has 4 heteroatoms. The zero-order chi connectivity index (χ0) is 18.6. The number of pyridine rings is 1. The zero-order valence-electron chi connectivity index (χ0n) is 15.5. The Morgan fingerprint density at radius 2 is 1.93 bits per heavy atom. The van der Waals surface area contributed by atoms with Crippen molar-refractivity contribution in [2.45, 2.75) is 26.3 Å². The number of carbonyl (C=O) groups is 1. The van der Waals surface area contributed by atoms with Gasteiger partial charge in [0.25, 0.3) is 5.91 Å². The molecule has 0 aliphatic carbocycles. The lowest BCUT2D eigenvalue weighted by atomic mass is 10.0. The number of carbonyl (C=O) groups excluding carboxylic acids is 1. The number of anilines is 2. The fourth-order valence-electron chi connectivity index (χ4n) is 3.56. The highest BCUT2D eigenvalue weighted by Gasteiger charge is 2.23. The molecule has 0 unspecified atom stereocenters. The predicted molar refractivity (Wildman–Crippen MR) is 109 cm³/mol. The molecule has 2 aromatic carbocycles. The Morgan fingerprint density at radius 1 is 1.11 bits per heavy atom. The maximum absolute atomic E-state index is 13.1. The second-order valence-corrected chi connectivity index (χ2v) is 6.93. The van der Waals surface area contributed by atoms with E-state index < -0.39 is 0 Å². The highest BCUT2D eigenvalue weighted by molar-refractivity contribution is 6.07. The summed E-state index contributed by atoms with van der Waals surface area (Å²) >= 11 is 0. The van der Waals surface area contributed by atoms with Crippen LogP contribution in [0.4, 0.5) is 11.4 Å². The SMILES string of the molecule is Cc1ccccc1CNc1cncc(C(=O)N2CCCc3ccccc32)c1. The van der Waals surface area contributed by atoms with Gasteiger partial charge in [-0.1, -0.05) is 42.5 Å². The number of para-hydroxylation sites is 1. The van der Waals surface area contributed by atoms with Crippen LogP contribution in [0.5, 0.6) is 0 Å². The van der Waals surface area contributed by atoms with Gasteiger partial charge in [0.2, 0.25) is 0 Å². The Morgan fingerprint density at radius 3 is 2.81 bits per heavy atom. The van der Waals surface area contributed by atoms with Gasteiger partial charge in [0, 0.05) is 31.2 Å². The molecule has 136 valence electrons. The molecule has 0 bridgehead atoms. The minimum atomic E-state index is 0.00851. The molecule has 2 heterocycles. The van der Waals surface area contributed by atoms with Gasteiger partial charge < -0.3 is 10.2 Å². The number of benzene rings is 2. The number of hydrogen-bond acceptors (Lipinski definition) is 3. The number of nitrogens with one attached hydrogen (secondary N) is 1. The molecular weight excluding hydrogens is 334 g/mol. The van der Waals surface area contributed by atoms with Crippen molar-refractivity contribution in [2.24, 2.45) is 0 Å². The van der Waals surface area contributed by atoms with E-state index in [-0.39, 0.29) is 5.91 Å². The highest BCUT2D eigenvalue weighted by atomic mass is 16.2. The second-order valence-electron chi connectivity index (χ2n) is 6.93. The van der Waals surface area contributed by atoms with Crippen molar-refractivity contribution in [3.8, 4) is 0 Å². The lowest BCUT2D eigenvalue weighted by Gasteiger charge is -2.29. The Hall–Kier alpha value is -3.14. The van der Waals surface area contributed by atoms with Gasteiger partial charge in [0.05, 0.1) is 11.3 Å². The molecule has 1 aliphatic rings. The smallest absolute Gasteiger partial charge is 0.259 e. The van der Waals surface area contributed by atoms with Crippen LogP contribution in [0.3, 0.4) is 0 Å². The van der Waals surface area contributed by atoms with E-state index in [1.54, 1.807) is 12.4 Å². The van der Waals surface area contributed by atoms with E-state index in [0.29, 0.717) is 12.1 Å². The van der Waals surface area contributed by atoms with Crippen LogP contribution in [-0.4, -0.2) is 17.4 Å². The van der Waals surface area contributed by atoms with Crippen LogP contribution in [0, 0.1) is 6.92 Å². The molecule has 3 aromatic rings. The highest BCUT2D eigenvalue weighted by Crippen LogP contribution is 2.28. The Balaban J connectivity index is 1.53. The number of nitrogens with zero attached hydrogens (tertiary/aromatic N) is 2. The average Bonchev–Trinajstić information content (AvgIpc) is 2.72. The van der Waals surface area contributed by atoms with Crippen LogP contribution >= 0.6 is 0 Å². The first kappa shape index (κ1) is 17.3. The van der Waals surface area contributed by atoms with E-state index in [1.165, 1.54) is 16.7 Å². The second kappa shape index (κ2) is 7.62. The summed E-state index contributed by atoms with van der Waals surface area (Å²) in [5, 5.41) is 3.39. The number of hydrogen-bond donors (Lipinski definition) is 1. The number of rotatable bonds is 4. The third-order valence-corrected chi connectivity index (χ3v) is 5.08. The molecule has 0 spiro atoms. The first-order chi connectivity index (χ1) is 13.2. The minimum absolute atomic E-state index is 0.00851. The van der Waals surface area contributed by atoms with E-state index in [0.717, 1.165) is 30.8 Å². The molecule has 1 aliphatic heterocycles. The average molecular weight is 357 g/mol. The molecule has 0 saturated carbocycles. The van der Waals surface area contributed by atoms with E-state index >= 15 is 0 Å². The van der Waals surface area contributed by atoms with Gasteiger partial charge in [-0.3, -0.25) is 9.78 Å². The third kappa shape index (κ3) is 3.70. The van der Waals surface area contributed by atoms with Gasteiger partial charge in [-0.15, -0.1) is 0 Å². The van der Waals surface area contributed by atoms with Gasteiger partial charge in [-0.25, -0.2) is 0 Å².